The number of fused-ring (bicyclic) bond motifs is 1. The number of ether oxygens (including phenoxy) is 2. The summed E-state index contributed by atoms with van der Waals surface area (Å²) in [5.74, 6) is 0.820. The first-order valence-corrected chi connectivity index (χ1v) is 13.0. The second kappa shape index (κ2) is 10.2. The molecule has 0 spiro atoms. The number of carbonyl (C=O) groups excluding carboxylic acids is 1. The van der Waals surface area contributed by atoms with Crippen molar-refractivity contribution in [2.75, 3.05) is 24.1 Å². The van der Waals surface area contributed by atoms with Gasteiger partial charge in [0.1, 0.15) is 19.8 Å². The molecular formula is C26H27ClN2O5S. The van der Waals surface area contributed by atoms with Crippen molar-refractivity contribution in [2.45, 2.75) is 31.7 Å². The number of sulfonamides is 1. The predicted octanol–water partition coefficient (Wildman–Crippen LogP) is 4.80. The van der Waals surface area contributed by atoms with E-state index in [1.807, 2.05) is 26.0 Å². The van der Waals surface area contributed by atoms with Gasteiger partial charge in [-0.3, -0.25) is 9.10 Å². The third-order valence-electron chi connectivity index (χ3n) is 5.78. The fourth-order valence-corrected chi connectivity index (χ4v) is 5.46. The molecule has 0 unspecified atom stereocenters. The van der Waals surface area contributed by atoms with E-state index in [1.54, 1.807) is 43.3 Å². The highest BCUT2D eigenvalue weighted by Crippen LogP contribution is 2.33. The third-order valence-corrected chi connectivity index (χ3v) is 7.79. The zero-order chi connectivity index (χ0) is 25.2. The minimum atomic E-state index is -4.04. The van der Waals surface area contributed by atoms with Crippen LogP contribution >= 0.6 is 11.6 Å². The average Bonchev–Trinajstić information content (AvgIpc) is 2.84. The van der Waals surface area contributed by atoms with E-state index in [1.165, 1.54) is 12.1 Å². The molecule has 0 fully saturated rings. The highest BCUT2D eigenvalue weighted by molar-refractivity contribution is 7.92. The molecule has 1 heterocycles. The number of benzene rings is 3. The molecule has 0 aromatic heterocycles. The Hall–Kier alpha value is -3.23. The zero-order valence-electron chi connectivity index (χ0n) is 19.7. The van der Waals surface area contributed by atoms with Gasteiger partial charge >= 0.3 is 0 Å². The first kappa shape index (κ1) is 24.9. The molecule has 0 radical (unpaired) electrons. The molecule has 0 saturated heterocycles. The van der Waals surface area contributed by atoms with E-state index in [9.17, 15) is 13.2 Å². The largest absolute Gasteiger partial charge is 0.486 e. The molecule has 184 valence electrons. The lowest BCUT2D eigenvalue weighted by atomic mass is 10.1. The van der Waals surface area contributed by atoms with Crippen LogP contribution < -0.4 is 19.1 Å². The van der Waals surface area contributed by atoms with Gasteiger partial charge in [-0.05, 0) is 68.3 Å². The Balaban J connectivity index is 1.61. The summed E-state index contributed by atoms with van der Waals surface area (Å²) >= 11 is 6.19. The summed E-state index contributed by atoms with van der Waals surface area (Å²) in [4.78, 5) is 13.2. The number of amides is 1. The van der Waals surface area contributed by atoms with Crippen LogP contribution in [0.4, 0.5) is 5.69 Å². The molecule has 3 aromatic carbocycles. The van der Waals surface area contributed by atoms with Crippen molar-refractivity contribution in [2.24, 2.45) is 0 Å². The fraction of sp³-hybridized carbons (Fsp3) is 0.269. The van der Waals surface area contributed by atoms with Gasteiger partial charge in [0.2, 0.25) is 5.91 Å². The molecule has 35 heavy (non-hydrogen) atoms. The molecule has 1 amide bonds. The molecular weight excluding hydrogens is 488 g/mol. The maximum absolute atomic E-state index is 13.6. The van der Waals surface area contributed by atoms with Crippen LogP contribution in [0.2, 0.25) is 5.02 Å². The lowest BCUT2D eigenvalue weighted by Crippen LogP contribution is -2.42. The number of anilines is 1. The normalized spacial score (nSPS) is 13.7. The van der Waals surface area contributed by atoms with Crippen molar-refractivity contribution in [3.8, 4) is 11.5 Å². The number of aryl methyl sites for hydroxylation is 2. The van der Waals surface area contributed by atoms with Crippen LogP contribution in [0.1, 0.15) is 29.7 Å². The fourth-order valence-electron chi connectivity index (χ4n) is 3.82. The van der Waals surface area contributed by atoms with E-state index in [0.717, 1.165) is 15.4 Å². The summed E-state index contributed by atoms with van der Waals surface area (Å²) in [7, 11) is -4.04. The maximum atomic E-state index is 13.6. The minimum Gasteiger partial charge on any atom is -0.486 e. The summed E-state index contributed by atoms with van der Waals surface area (Å²) in [6, 6.07) is 16.6. The topological polar surface area (TPSA) is 84.9 Å². The van der Waals surface area contributed by atoms with Crippen LogP contribution in [-0.4, -0.2) is 34.1 Å². The first-order chi connectivity index (χ1) is 16.6. The van der Waals surface area contributed by atoms with E-state index in [-0.39, 0.29) is 10.9 Å². The molecule has 1 aliphatic heterocycles. The molecule has 1 aliphatic rings. The van der Waals surface area contributed by atoms with Crippen molar-refractivity contribution in [3.63, 3.8) is 0 Å². The Morgan fingerprint density at radius 3 is 2.40 bits per heavy atom. The van der Waals surface area contributed by atoms with Crippen molar-refractivity contribution in [1.29, 1.82) is 0 Å². The summed E-state index contributed by atoms with van der Waals surface area (Å²) in [6.45, 7) is 6.02. The van der Waals surface area contributed by atoms with Gasteiger partial charge in [0.05, 0.1) is 16.6 Å². The Kier molecular flexibility index (Phi) is 7.23. The lowest BCUT2D eigenvalue weighted by Gasteiger charge is -2.27. The van der Waals surface area contributed by atoms with Gasteiger partial charge in [0.15, 0.2) is 11.5 Å². The zero-order valence-corrected chi connectivity index (χ0v) is 21.3. The number of carbonyl (C=O) groups is 1. The van der Waals surface area contributed by atoms with Gasteiger partial charge in [0, 0.05) is 5.02 Å². The molecule has 7 nitrogen and oxygen atoms in total. The van der Waals surface area contributed by atoms with Crippen molar-refractivity contribution in [1.82, 2.24) is 5.32 Å². The van der Waals surface area contributed by atoms with Gasteiger partial charge in [-0.15, -0.1) is 0 Å². The lowest BCUT2D eigenvalue weighted by molar-refractivity contribution is -0.120. The highest BCUT2D eigenvalue weighted by Gasteiger charge is 2.29. The SMILES string of the molecule is Cc1ccc(S(=O)(=O)N(CC(=O)N[C@@H](C)c2ccc3c(c2)OCCO3)c2cc(Cl)ccc2C)cc1. The molecule has 4 rings (SSSR count). The number of hydrogen-bond donors (Lipinski definition) is 1. The van der Waals surface area contributed by atoms with Crippen LogP contribution in [0, 0.1) is 13.8 Å². The van der Waals surface area contributed by atoms with E-state index < -0.39 is 22.5 Å². The predicted molar refractivity (Wildman–Crippen MR) is 136 cm³/mol. The molecule has 1 atom stereocenters. The number of nitrogens with zero attached hydrogens (tertiary/aromatic N) is 1. The summed E-state index contributed by atoms with van der Waals surface area (Å²) < 4.78 is 39.5. The standard InChI is InChI=1S/C26H27ClN2O5S/c1-17-4-9-22(10-5-17)35(31,32)29(23-15-21(27)8-6-18(23)2)16-26(30)28-19(3)20-7-11-24-25(14-20)34-13-12-33-24/h4-11,14-15,19H,12-13,16H2,1-3H3,(H,28,30)/t19-/m0/s1. The Morgan fingerprint density at radius 1 is 1.00 bits per heavy atom. The second-order valence-electron chi connectivity index (χ2n) is 8.45. The Bertz CT molecular complexity index is 1340. The number of hydrogen-bond acceptors (Lipinski definition) is 5. The third kappa shape index (κ3) is 5.55. The molecule has 3 aromatic rings. The number of rotatable bonds is 7. The molecule has 0 saturated carbocycles. The van der Waals surface area contributed by atoms with E-state index in [2.05, 4.69) is 5.32 Å². The number of nitrogens with one attached hydrogen (secondary N) is 1. The van der Waals surface area contributed by atoms with Crippen LogP contribution in [0.3, 0.4) is 0 Å². The molecule has 0 aliphatic carbocycles. The van der Waals surface area contributed by atoms with Crippen LogP contribution in [0.25, 0.3) is 0 Å². The quantitative estimate of drug-likeness (QED) is 0.489. The highest BCUT2D eigenvalue weighted by atomic mass is 35.5. The second-order valence-corrected chi connectivity index (χ2v) is 10.7. The van der Waals surface area contributed by atoms with Gasteiger partial charge in [-0.25, -0.2) is 8.42 Å². The summed E-state index contributed by atoms with van der Waals surface area (Å²) in [5, 5.41) is 3.27. The first-order valence-electron chi connectivity index (χ1n) is 11.2. The summed E-state index contributed by atoms with van der Waals surface area (Å²) in [6.07, 6.45) is 0. The molecule has 0 bridgehead atoms. The minimum absolute atomic E-state index is 0.0927. The van der Waals surface area contributed by atoms with E-state index in [0.29, 0.717) is 41.0 Å². The van der Waals surface area contributed by atoms with E-state index in [4.69, 9.17) is 21.1 Å². The van der Waals surface area contributed by atoms with Gasteiger partial charge in [0.25, 0.3) is 10.0 Å². The van der Waals surface area contributed by atoms with Crippen molar-refractivity contribution in [3.05, 3.63) is 82.4 Å². The van der Waals surface area contributed by atoms with Crippen LogP contribution in [0.5, 0.6) is 11.5 Å². The summed E-state index contributed by atoms with van der Waals surface area (Å²) in [5.41, 5.74) is 2.77. The van der Waals surface area contributed by atoms with Crippen LogP contribution in [-0.2, 0) is 14.8 Å². The van der Waals surface area contributed by atoms with E-state index >= 15 is 0 Å². The molecule has 9 heteroatoms. The van der Waals surface area contributed by atoms with Gasteiger partial charge in [-0.1, -0.05) is 41.4 Å². The number of halogens is 1. The van der Waals surface area contributed by atoms with Gasteiger partial charge in [-0.2, -0.15) is 0 Å². The maximum Gasteiger partial charge on any atom is 0.264 e. The van der Waals surface area contributed by atoms with Gasteiger partial charge < -0.3 is 14.8 Å². The monoisotopic (exact) mass is 514 g/mol. The van der Waals surface area contributed by atoms with Crippen molar-refractivity contribution < 1.29 is 22.7 Å². The average molecular weight is 515 g/mol. The molecule has 1 N–H and O–H groups in total. The van der Waals surface area contributed by atoms with Crippen LogP contribution in [0.15, 0.2) is 65.6 Å². The Morgan fingerprint density at radius 2 is 1.69 bits per heavy atom. The van der Waals surface area contributed by atoms with Crippen molar-refractivity contribution >= 4 is 33.2 Å². The smallest absolute Gasteiger partial charge is 0.264 e. The Labute approximate surface area is 210 Å².